The molecule has 0 atom stereocenters. The molecular weight excluding hydrogens is 455 g/mol. The van der Waals surface area contributed by atoms with Gasteiger partial charge in [0.15, 0.2) is 18.2 Å². The number of rotatable bonds is 8. The zero-order valence-corrected chi connectivity index (χ0v) is 17.6. The molecule has 2 heterocycles. The summed E-state index contributed by atoms with van der Waals surface area (Å²) in [5.41, 5.74) is 0.676. The minimum Gasteiger partial charge on any atom is -0.464 e. The Balaban J connectivity index is 1.40. The Hall–Kier alpha value is -4.25. The van der Waals surface area contributed by atoms with Crippen molar-refractivity contribution in [3.8, 4) is 5.75 Å². The molecule has 0 spiro atoms. The summed E-state index contributed by atoms with van der Waals surface area (Å²) in [6, 6.07) is 13.9. The van der Waals surface area contributed by atoms with E-state index in [4.69, 9.17) is 16.3 Å². The van der Waals surface area contributed by atoms with Crippen LogP contribution in [0.5, 0.6) is 5.75 Å². The van der Waals surface area contributed by atoms with Crippen LogP contribution in [0.15, 0.2) is 67.0 Å². The van der Waals surface area contributed by atoms with Gasteiger partial charge in [0.2, 0.25) is 5.75 Å². The van der Waals surface area contributed by atoms with E-state index in [1.807, 2.05) is 30.3 Å². The lowest BCUT2D eigenvalue weighted by Gasteiger charge is -2.07. The molecule has 4 rings (SSSR count). The lowest BCUT2D eigenvalue weighted by atomic mass is 10.2. The van der Waals surface area contributed by atoms with Gasteiger partial charge in [-0.2, -0.15) is 10.2 Å². The Bertz CT molecular complexity index is 1310. The summed E-state index contributed by atoms with van der Waals surface area (Å²) in [4.78, 5) is 22.9. The average molecular weight is 471 g/mol. The SMILES string of the molecule is O=C(Nc1nn(Cc2ccccc2)cc1Cl)c1ccn(COc2cc(F)ccc2[N+](=O)[O-])n1. The number of carbonyl (C=O) groups is 1. The van der Waals surface area contributed by atoms with Gasteiger partial charge in [-0.1, -0.05) is 41.9 Å². The summed E-state index contributed by atoms with van der Waals surface area (Å²) in [5, 5.41) is 22.3. The number of hydrogen-bond donors (Lipinski definition) is 1. The van der Waals surface area contributed by atoms with Crippen LogP contribution in [0.2, 0.25) is 5.02 Å². The minimum atomic E-state index is -0.683. The summed E-state index contributed by atoms with van der Waals surface area (Å²) in [7, 11) is 0. The predicted octanol–water partition coefficient (Wildman–Crippen LogP) is 4.12. The van der Waals surface area contributed by atoms with Gasteiger partial charge in [0.1, 0.15) is 10.8 Å². The number of anilines is 1. The number of nitrogens with zero attached hydrogens (tertiary/aromatic N) is 5. The molecule has 33 heavy (non-hydrogen) atoms. The van der Waals surface area contributed by atoms with Gasteiger partial charge in [-0.3, -0.25) is 19.6 Å². The fourth-order valence-corrected chi connectivity index (χ4v) is 3.15. The normalized spacial score (nSPS) is 10.7. The van der Waals surface area contributed by atoms with E-state index in [2.05, 4.69) is 15.5 Å². The average Bonchev–Trinajstić information content (AvgIpc) is 3.39. The maximum Gasteiger partial charge on any atom is 0.311 e. The standard InChI is InChI=1S/C21H16ClFN6O4/c22-16-12-28(11-14-4-2-1-3-5-14)26-20(16)24-21(30)17-8-9-27(25-17)13-33-19-10-15(23)6-7-18(19)29(31)32/h1-10,12H,11,13H2,(H,24,26,30). The molecule has 0 fully saturated rings. The molecule has 12 heteroatoms. The third kappa shape index (κ3) is 5.33. The first-order valence-corrected chi connectivity index (χ1v) is 9.95. The van der Waals surface area contributed by atoms with Crippen LogP contribution in [0, 0.1) is 15.9 Å². The van der Waals surface area contributed by atoms with Crippen LogP contribution in [0.25, 0.3) is 0 Å². The van der Waals surface area contributed by atoms with Crippen LogP contribution < -0.4 is 10.1 Å². The van der Waals surface area contributed by atoms with Crippen LogP contribution in [0.4, 0.5) is 15.9 Å². The van der Waals surface area contributed by atoms with Gasteiger partial charge in [0.05, 0.1) is 11.5 Å². The summed E-state index contributed by atoms with van der Waals surface area (Å²) >= 11 is 6.19. The molecule has 0 aliphatic rings. The molecule has 2 aromatic carbocycles. The van der Waals surface area contributed by atoms with Crippen molar-refractivity contribution in [3.63, 3.8) is 0 Å². The Labute approximate surface area is 191 Å². The first kappa shape index (κ1) is 22.0. The number of ether oxygens (including phenoxy) is 1. The summed E-state index contributed by atoms with van der Waals surface area (Å²) in [6.45, 7) is 0.207. The highest BCUT2D eigenvalue weighted by Gasteiger charge is 2.18. The van der Waals surface area contributed by atoms with E-state index in [1.54, 1.807) is 10.9 Å². The van der Waals surface area contributed by atoms with E-state index >= 15 is 0 Å². The van der Waals surface area contributed by atoms with Crippen molar-refractivity contribution in [3.05, 3.63) is 99.2 Å². The molecule has 0 unspecified atom stereocenters. The lowest BCUT2D eigenvalue weighted by Crippen LogP contribution is -2.15. The molecule has 2 aromatic heterocycles. The number of amides is 1. The van der Waals surface area contributed by atoms with Crippen LogP contribution in [-0.4, -0.2) is 30.4 Å². The molecule has 168 valence electrons. The fraction of sp³-hybridized carbons (Fsp3) is 0.0952. The second kappa shape index (κ2) is 9.49. The van der Waals surface area contributed by atoms with Gasteiger partial charge in [-0.25, -0.2) is 9.07 Å². The molecule has 1 amide bonds. The molecular formula is C21H16ClFN6O4. The zero-order chi connectivity index (χ0) is 23.4. The zero-order valence-electron chi connectivity index (χ0n) is 16.9. The number of halogens is 2. The molecule has 0 saturated carbocycles. The minimum absolute atomic E-state index is 0.0426. The summed E-state index contributed by atoms with van der Waals surface area (Å²) in [5.74, 6) is -1.31. The van der Waals surface area contributed by atoms with Crippen molar-refractivity contribution in [2.24, 2.45) is 0 Å². The third-order valence-corrected chi connectivity index (χ3v) is 4.76. The number of benzene rings is 2. The van der Waals surface area contributed by atoms with Crippen LogP contribution in [-0.2, 0) is 13.3 Å². The van der Waals surface area contributed by atoms with Crippen molar-refractivity contribution < 1.29 is 18.8 Å². The number of aromatic nitrogens is 4. The van der Waals surface area contributed by atoms with E-state index in [1.165, 1.54) is 16.9 Å². The van der Waals surface area contributed by atoms with Crippen molar-refractivity contribution in [2.45, 2.75) is 13.3 Å². The van der Waals surface area contributed by atoms with Gasteiger partial charge >= 0.3 is 5.69 Å². The molecule has 0 bridgehead atoms. The number of nitrogens with one attached hydrogen (secondary N) is 1. The third-order valence-electron chi connectivity index (χ3n) is 4.48. The van der Waals surface area contributed by atoms with E-state index < -0.39 is 16.6 Å². The van der Waals surface area contributed by atoms with Gasteiger partial charge in [-0.05, 0) is 17.7 Å². The van der Waals surface area contributed by atoms with Gasteiger partial charge in [0, 0.05) is 24.5 Å². The first-order chi connectivity index (χ1) is 15.9. The Morgan fingerprint density at radius 3 is 2.70 bits per heavy atom. The molecule has 0 saturated heterocycles. The van der Waals surface area contributed by atoms with Gasteiger partial charge in [0.25, 0.3) is 5.91 Å². The highest BCUT2D eigenvalue weighted by Crippen LogP contribution is 2.27. The Kier molecular flexibility index (Phi) is 6.31. The summed E-state index contributed by atoms with van der Waals surface area (Å²) < 4.78 is 21.6. The number of nitro groups is 1. The Morgan fingerprint density at radius 1 is 1.15 bits per heavy atom. The van der Waals surface area contributed by atoms with Crippen molar-refractivity contribution >= 4 is 29.0 Å². The van der Waals surface area contributed by atoms with Gasteiger partial charge in [-0.15, -0.1) is 0 Å². The Morgan fingerprint density at radius 2 is 1.94 bits per heavy atom. The van der Waals surface area contributed by atoms with Crippen LogP contribution >= 0.6 is 11.6 Å². The lowest BCUT2D eigenvalue weighted by molar-refractivity contribution is -0.386. The predicted molar refractivity (Wildman–Crippen MR) is 117 cm³/mol. The van der Waals surface area contributed by atoms with Crippen molar-refractivity contribution in [2.75, 3.05) is 5.32 Å². The highest BCUT2D eigenvalue weighted by atomic mass is 35.5. The molecule has 4 aromatic rings. The monoisotopic (exact) mass is 470 g/mol. The number of hydrogen-bond acceptors (Lipinski definition) is 6. The topological polar surface area (TPSA) is 117 Å². The summed E-state index contributed by atoms with van der Waals surface area (Å²) in [6.07, 6.45) is 3.04. The second-order valence-electron chi connectivity index (χ2n) is 6.85. The van der Waals surface area contributed by atoms with Crippen molar-refractivity contribution in [1.82, 2.24) is 19.6 Å². The van der Waals surface area contributed by atoms with E-state index in [-0.39, 0.29) is 34.7 Å². The van der Waals surface area contributed by atoms with E-state index in [0.29, 0.717) is 6.54 Å². The van der Waals surface area contributed by atoms with E-state index in [9.17, 15) is 19.3 Å². The largest absolute Gasteiger partial charge is 0.464 e. The molecule has 10 nitrogen and oxygen atoms in total. The van der Waals surface area contributed by atoms with Crippen LogP contribution in [0.1, 0.15) is 16.1 Å². The van der Waals surface area contributed by atoms with E-state index in [0.717, 1.165) is 23.8 Å². The smallest absolute Gasteiger partial charge is 0.311 e. The second-order valence-corrected chi connectivity index (χ2v) is 7.25. The van der Waals surface area contributed by atoms with Crippen molar-refractivity contribution in [1.29, 1.82) is 0 Å². The molecule has 0 aliphatic heterocycles. The maximum absolute atomic E-state index is 13.4. The molecule has 1 N–H and O–H groups in total. The molecule has 0 radical (unpaired) electrons. The first-order valence-electron chi connectivity index (χ1n) is 9.57. The maximum atomic E-state index is 13.4. The van der Waals surface area contributed by atoms with Gasteiger partial charge < -0.3 is 10.1 Å². The quantitative estimate of drug-likeness (QED) is 0.306. The molecule has 0 aliphatic carbocycles. The number of carbonyl (C=O) groups excluding carboxylic acids is 1. The van der Waals surface area contributed by atoms with Crippen LogP contribution in [0.3, 0.4) is 0 Å². The highest BCUT2D eigenvalue weighted by molar-refractivity contribution is 6.33. The number of nitro benzene ring substituents is 1. The fourth-order valence-electron chi connectivity index (χ4n) is 2.95.